The van der Waals surface area contributed by atoms with Gasteiger partial charge >= 0.3 is 6.09 Å². The summed E-state index contributed by atoms with van der Waals surface area (Å²) in [4.78, 5) is 24.9. The Balaban J connectivity index is 2.06. The fraction of sp³-hybridized carbons (Fsp3) is 0.667. The van der Waals surface area contributed by atoms with Gasteiger partial charge in [0.2, 0.25) is 0 Å². The van der Waals surface area contributed by atoms with Gasteiger partial charge in [-0.1, -0.05) is 5.92 Å². The highest BCUT2D eigenvalue weighted by atomic mass is 16.6. The molecule has 0 spiro atoms. The van der Waals surface area contributed by atoms with Crippen molar-refractivity contribution in [3.05, 3.63) is 0 Å². The predicted molar refractivity (Wildman–Crippen MR) is 57.7 cm³/mol. The lowest BCUT2D eigenvalue weighted by molar-refractivity contribution is -0.126. The molecule has 1 amide bonds. The van der Waals surface area contributed by atoms with Gasteiger partial charge in [-0.15, -0.1) is 6.42 Å². The molecule has 2 atom stereocenters. The highest BCUT2D eigenvalue weighted by Crippen LogP contribution is 2.32. The standard InChI is InChI=1S/C12H15NO3/c1-2-6-16-12(15)13-9-4-3-5-10(13)8-11(14)7-9/h1,9-10H,3-8H2. The molecule has 0 radical (unpaired) electrons. The molecule has 4 heteroatoms. The number of hydrogen-bond donors (Lipinski definition) is 0. The molecule has 4 nitrogen and oxygen atoms in total. The quantitative estimate of drug-likeness (QED) is 0.628. The van der Waals surface area contributed by atoms with Crippen molar-refractivity contribution in [2.24, 2.45) is 0 Å². The highest BCUT2D eigenvalue weighted by molar-refractivity contribution is 5.83. The molecular weight excluding hydrogens is 206 g/mol. The van der Waals surface area contributed by atoms with Crippen LogP contribution in [0.15, 0.2) is 0 Å². The molecule has 0 N–H and O–H groups in total. The number of hydrogen-bond acceptors (Lipinski definition) is 3. The van der Waals surface area contributed by atoms with Gasteiger partial charge in [-0.2, -0.15) is 0 Å². The number of Topliss-reactive ketones (excluding diaryl/α,β-unsaturated/α-hetero) is 1. The number of carbonyl (C=O) groups excluding carboxylic acids is 2. The van der Waals surface area contributed by atoms with Crippen molar-refractivity contribution >= 4 is 11.9 Å². The van der Waals surface area contributed by atoms with E-state index in [-0.39, 0.29) is 30.6 Å². The molecule has 2 aliphatic rings. The number of amides is 1. The molecule has 2 bridgehead atoms. The number of ketones is 1. The molecule has 0 aromatic rings. The molecule has 2 heterocycles. The highest BCUT2D eigenvalue weighted by Gasteiger charge is 2.40. The first-order valence-corrected chi connectivity index (χ1v) is 5.62. The molecule has 0 aromatic carbocycles. The molecule has 2 aliphatic heterocycles. The van der Waals surface area contributed by atoms with E-state index in [1.54, 1.807) is 4.90 Å². The van der Waals surface area contributed by atoms with E-state index < -0.39 is 0 Å². The number of rotatable bonds is 1. The van der Waals surface area contributed by atoms with Crippen LogP contribution in [0.25, 0.3) is 0 Å². The Hall–Kier alpha value is -1.50. The zero-order valence-electron chi connectivity index (χ0n) is 9.15. The van der Waals surface area contributed by atoms with Crippen LogP contribution in [-0.2, 0) is 9.53 Å². The third kappa shape index (κ3) is 2.04. The van der Waals surface area contributed by atoms with Crippen LogP contribution in [0.1, 0.15) is 32.1 Å². The Bertz CT molecular complexity index is 329. The topological polar surface area (TPSA) is 46.6 Å². The molecule has 16 heavy (non-hydrogen) atoms. The maximum atomic E-state index is 11.8. The van der Waals surface area contributed by atoms with Gasteiger partial charge in [0.15, 0.2) is 6.61 Å². The Morgan fingerprint density at radius 3 is 2.62 bits per heavy atom. The van der Waals surface area contributed by atoms with Crippen molar-refractivity contribution in [3.8, 4) is 12.3 Å². The number of carbonyl (C=O) groups is 2. The molecular formula is C12H15NO3. The van der Waals surface area contributed by atoms with Crippen LogP contribution < -0.4 is 0 Å². The van der Waals surface area contributed by atoms with E-state index in [0.29, 0.717) is 12.8 Å². The third-order valence-electron chi connectivity index (χ3n) is 3.28. The summed E-state index contributed by atoms with van der Waals surface area (Å²) in [5, 5.41) is 0. The van der Waals surface area contributed by atoms with Crippen molar-refractivity contribution in [1.29, 1.82) is 0 Å². The summed E-state index contributed by atoms with van der Waals surface area (Å²) in [6, 6.07) is 0.0653. The summed E-state index contributed by atoms with van der Waals surface area (Å²) < 4.78 is 4.94. The Kier molecular flexibility index (Phi) is 3.14. The van der Waals surface area contributed by atoms with Crippen LogP contribution in [-0.4, -0.2) is 35.5 Å². The van der Waals surface area contributed by atoms with E-state index in [4.69, 9.17) is 11.2 Å². The fourth-order valence-electron chi connectivity index (χ4n) is 2.65. The van der Waals surface area contributed by atoms with Crippen LogP contribution in [0.5, 0.6) is 0 Å². The van der Waals surface area contributed by atoms with Crippen molar-refractivity contribution in [3.63, 3.8) is 0 Å². The number of ether oxygens (including phenoxy) is 1. The second-order valence-electron chi connectivity index (χ2n) is 4.35. The lowest BCUT2D eigenvalue weighted by Gasteiger charge is -2.44. The lowest BCUT2D eigenvalue weighted by atomic mass is 9.84. The first-order chi connectivity index (χ1) is 7.72. The average Bonchev–Trinajstić information content (AvgIpc) is 2.24. The fourth-order valence-corrected chi connectivity index (χ4v) is 2.65. The van der Waals surface area contributed by atoms with E-state index in [0.717, 1.165) is 19.3 Å². The smallest absolute Gasteiger partial charge is 0.411 e. The number of terminal acetylenes is 1. The lowest BCUT2D eigenvalue weighted by Crippen LogP contribution is -2.55. The monoisotopic (exact) mass is 221 g/mol. The van der Waals surface area contributed by atoms with Crippen molar-refractivity contribution in [2.45, 2.75) is 44.2 Å². The van der Waals surface area contributed by atoms with E-state index in [1.165, 1.54) is 0 Å². The van der Waals surface area contributed by atoms with Crippen LogP contribution >= 0.6 is 0 Å². The second kappa shape index (κ2) is 4.56. The minimum atomic E-state index is -0.361. The molecule has 2 saturated heterocycles. The molecule has 2 fully saturated rings. The van der Waals surface area contributed by atoms with Crippen LogP contribution in [0.3, 0.4) is 0 Å². The maximum absolute atomic E-state index is 11.8. The Morgan fingerprint density at radius 1 is 1.44 bits per heavy atom. The first-order valence-electron chi connectivity index (χ1n) is 5.62. The zero-order valence-corrected chi connectivity index (χ0v) is 9.15. The summed E-state index contributed by atoms with van der Waals surface area (Å²) in [5.41, 5.74) is 0. The molecule has 0 saturated carbocycles. The molecule has 0 aromatic heterocycles. The van der Waals surface area contributed by atoms with Gasteiger partial charge in [0, 0.05) is 24.9 Å². The number of fused-ring (bicyclic) bond motifs is 2. The minimum Gasteiger partial charge on any atom is -0.436 e. The van der Waals surface area contributed by atoms with Crippen molar-refractivity contribution in [2.75, 3.05) is 6.61 Å². The predicted octanol–water partition coefficient (Wildman–Crippen LogP) is 1.34. The van der Waals surface area contributed by atoms with Crippen LogP contribution in [0, 0.1) is 12.3 Å². The van der Waals surface area contributed by atoms with Gasteiger partial charge in [-0.25, -0.2) is 4.79 Å². The minimum absolute atomic E-state index is 0.00270. The summed E-state index contributed by atoms with van der Waals surface area (Å²) >= 11 is 0. The maximum Gasteiger partial charge on any atom is 0.411 e. The summed E-state index contributed by atoms with van der Waals surface area (Å²) in [6.45, 7) is 0.00270. The zero-order chi connectivity index (χ0) is 11.5. The van der Waals surface area contributed by atoms with E-state index in [9.17, 15) is 9.59 Å². The van der Waals surface area contributed by atoms with Gasteiger partial charge in [-0.05, 0) is 19.3 Å². The third-order valence-corrected chi connectivity index (χ3v) is 3.28. The Morgan fingerprint density at radius 2 is 2.06 bits per heavy atom. The molecule has 2 rings (SSSR count). The number of nitrogens with zero attached hydrogens (tertiary/aromatic N) is 1. The SMILES string of the molecule is C#CCOC(=O)N1C2CCCC1CC(=O)C2. The Labute approximate surface area is 94.9 Å². The van der Waals surface area contributed by atoms with E-state index in [2.05, 4.69) is 5.92 Å². The molecule has 86 valence electrons. The van der Waals surface area contributed by atoms with Gasteiger partial charge in [0.1, 0.15) is 5.78 Å². The van der Waals surface area contributed by atoms with Crippen molar-refractivity contribution < 1.29 is 14.3 Å². The summed E-state index contributed by atoms with van der Waals surface area (Å²) in [6.07, 6.45) is 8.51. The van der Waals surface area contributed by atoms with E-state index >= 15 is 0 Å². The molecule has 2 unspecified atom stereocenters. The normalized spacial score (nSPS) is 28.4. The summed E-state index contributed by atoms with van der Waals surface area (Å²) in [7, 11) is 0. The van der Waals surface area contributed by atoms with Crippen LogP contribution in [0.4, 0.5) is 4.79 Å². The summed E-state index contributed by atoms with van der Waals surface area (Å²) in [5.74, 6) is 2.54. The van der Waals surface area contributed by atoms with Crippen LogP contribution in [0.2, 0.25) is 0 Å². The largest absolute Gasteiger partial charge is 0.436 e. The van der Waals surface area contributed by atoms with Gasteiger partial charge < -0.3 is 9.64 Å². The number of piperidine rings is 2. The van der Waals surface area contributed by atoms with Gasteiger partial charge in [0.05, 0.1) is 0 Å². The average molecular weight is 221 g/mol. The molecule has 0 aliphatic carbocycles. The van der Waals surface area contributed by atoms with Gasteiger partial charge in [-0.3, -0.25) is 4.79 Å². The van der Waals surface area contributed by atoms with E-state index in [1.807, 2.05) is 0 Å². The first kappa shape index (κ1) is 11.0. The van der Waals surface area contributed by atoms with Crippen molar-refractivity contribution in [1.82, 2.24) is 4.90 Å². The van der Waals surface area contributed by atoms with Gasteiger partial charge in [0.25, 0.3) is 0 Å². The second-order valence-corrected chi connectivity index (χ2v) is 4.35.